The van der Waals surface area contributed by atoms with Crippen LogP contribution in [0.15, 0.2) is 11.4 Å². The summed E-state index contributed by atoms with van der Waals surface area (Å²) in [5.74, 6) is 6.66. The highest BCUT2D eigenvalue weighted by molar-refractivity contribution is 7.12. The highest BCUT2D eigenvalue weighted by atomic mass is 32.1. The van der Waals surface area contributed by atoms with Gasteiger partial charge in [0.1, 0.15) is 4.88 Å². The van der Waals surface area contributed by atoms with E-state index >= 15 is 0 Å². The smallest absolute Gasteiger partial charge is 0.262 e. The van der Waals surface area contributed by atoms with Crippen molar-refractivity contribution < 1.29 is 4.79 Å². The molecule has 1 fully saturated rings. The van der Waals surface area contributed by atoms with Gasteiger partial charge in [-0.3, -0.25) is 4.79 Å². The van der Waals surface area contributed by atoms with Gasteiger partial charge in [0.05, 0.1) is 6.54 Å². The topological polar surface area (TPSA) is 55.1 Å². The lowest BCUT2D eigenvalue weighted by atomic mass is 9.83. The fourth-order valence-electron chi connectivity index (χ4n) is 2.98. The molecule has 0 bridgehead atoms. The average Bonchev–Trinajstić information content (AvgIpc) is 2.96. The first-order chi connectivity index (χ1) is 10.2. The second-order valence-corrected chi connectivity index (χ2v) is 6.57. The lowest BCUT2D eigenvalue weighted by Crippen LogP contribution is -2.37. The molecule has 2 rings (SSSR count). The molecule has 3 nitrogen and oxygen atoms in total. The molecule has 21 heavy (non-hydrogen) atoms. The number of carbonyl (C=O) groups excluding carboxylic acids is 1. The molecule has 1 heterocycles. The summed E-state index contributed by atoms with van der Waals surface area (Å²) in [6, 6.07) is 2.21. The van der Waals surface area contributed by atoms with Crippen LogP contribution in [0.5, 0.6) is 0 Å². The standard InChI is InChI=1S/C17H24N2OS/c1-2-4-13-6-8-15(9-7-13)19-17(20)16-14(5-3-11-18)10-12-21-16/h10,12-13,15H,2,4,6-9,11,18H2,1H3,(H,19,20). The average molecular weight is 304 g/mol. The van der Waals surface area contributed by atoms with E-state index in [0.29, 0.717) is 17.5 Å². The van der Waals surface area contributed by atoms with Crippen molar-refractivity contribution in [3.05, 3.63) is 21.9 Å². The molecule has 1 aliphatic rings. The summed E-state index contributed by atoms with van der Waals surface area (Å²) >= 11 is 1.45. The van der Waals surface area contributed by atoms with Crippen molar-refractivity contribution in [2.75, 3.05) is 6.54 Å². The number of carbonyl (C=O) groups is 1. The molecular formula is C17H24N2OS. The van der Waals surface area contributed by atoms with E-state index in [9.17, 15) is 4.79 Å². The van der Waals surface area contributed by atoms with Crippen LogP contribution < -0.4 is 11.1 Å². The van der Waals surface area contributed by atoms with Crippen LogP contribution in [0, 0.1) is 17.8 Å². The number of amides is 1. The summed E-state index contributed by atoms with van der Waals surface area (Å²) in [6.45, 7) is 2.56. The Morgan fingerprint density at radius 3 is 2.86 bits per heavy atom. The summed E-state index contributed by atoms with van der Waals surface area (Å²) in [4.78, 5) is 13.1. The maximum atomic E-state index is 12.4. The minimum Gasteiger partial charge on any atom is -0.349 e. The predicted octanol–water partition coefficient (Wildman–Crippen LogP) is 3.15. The predicted molar refractivity (Wildman–Crippen MR) is 88.4 cm³/mol. The summed E-state index contributed by atoms with van der Waals surface area (Å²) in [7, 11) is 0. The second-order valence-electron chi connectivity index (χ2n) is 5.65. The van der Waals surface area contributed by atoms with E-state index < -0.39 is 0 Å². The fourth-order valence-corrected chi connectivity index (χ4v) is 3.74. The van der Waals surface area contributed by atoms with Crippen LogP contribution in [0.4, 0.5) is 0 Å². The molecule has 0 saturated heterocycles. The van der Waals surface area contributed by atoms with Crippen LogP contribution >= 0.6 is 11.3 Å². The molecule has 0 unspecified atom stereocenters. The lowest BCUT2D eigenvalue weighted by Gasteiger charge is -2.28. The van der Waals surface area contributed by atoms with Crippen LogP contribution in [-0.4, -0.2) is 18.5 Å². The zero-order valence-electron chi connectivity index (χ0n) is 12.7. The number of thiophene rings is 1. The third kappa shape index (κ3) is 4.59. The monoisotopic (exact) mass is 304 g/mol. The molecule has 0 radical (unpaired) electrons. The van der Waals surface area contributed by atoms with E-state index in [4.69, 9.17) is 5.73 Å². The first-order valence-corrected chi connectivity index (χ1v) is 8.69. The Kier molecular flexibility index (Phi) is 6.28. The van der Waals surface area contributed by atoms with Crippen molar-refractivity contribution >= 4 is 17.2 Å². The quantitative estimate of drug-likeness (QED) is 0.840. The molecule has 1 amide bonds. The molecule has 4 heteroatoms. The molecule has 0 atom stereocenters. The zero-order valence-corrected chi connectivity index (χ0v) is 13.5. The normalized spacial score (nSPS) is 21.4. The second kappa shape index (κ2) is 8.21. The number of nitrogens with one attached hydrogen (secondary N) is 1. The minimum absolute atomic E-state index is 0.0188. The summed E-state index contributed by atoms with van der Waals surface area (Å²) in [5, 5.41) is 5.08. The van der Waals surface area contributed by atoms with Gasteiger partial charge < -0.3 is 11.1 Å². The van der Waals surface area contributed by atoms with Crippen molar-refractivity contribution in [2.45, 2.75) is 51.5 Å². The van der Waals surface area contributed by atoms with Crippen molar-refractivity contribution in [1.29, 1.82) is 0 Å². The van der Waals surface area contributed by atoms with E-state index in [0.717, 1.165) is 24.3 Å². The van der Waals surface area contributed by atoms with E-state index in [1.807, 2.05) is 11.4 Å². The number of rotatable bonds is 4. The Labute approximate surface area is 131 Å². The molecule has 0 spiro atoms. The van der Waals surface area contributed by atoms with Gasteiger partial charge in [-0.05, 0) is 43.0 Å². The molecule has 1 aromatic rings. The van der Waals surface area contributed by atoms with Crippen molar-refractivity contribution in [2.24, 2.45) is 11.7 Å². The summed E-state index contributed by atoms with van der Waals surface area (Å²) in [5.41, 5.74) is 6.18. The van der Waals surface area contributed by atoms with Gasteiger partial charge >= 0.3 is 0 Å². The van der Waals surface area contributed by atoms with Gasteiger partial charge in [0, 0.05) is 11.6 Å². The summed E-state index contributed by atoms with van der Waals surface area (Å²) in [6.07, 6.45) is 7.27. The van der Waals surface area contributed by atoms with Gasteiger partial charge in [-0.25, -0.2) is 0 Å². The summed E-state index contributed by atoms with van der Waals surface area (Å²) < 4.78 is 0. The van der Waals surface area contributed by atoms with E-state index in [1.54, 1.807) is 0 Å². The molecule has 1 aromatic heterocycles. The fraction of sp³-hybridized carbons (Fsp3) is 0.588. The first kappa shape index (κ1) is 16.1. The van der Waals surface area contributed by atoms with Crippen LogP contribution in [0.1, 0.15) is 60.7 Å². The van der Waals surface area contributed by atoms with E-state index in [2.05, 4.69) is 24.1 Å². The van der Waals surface area contributed by atoms with Gasteiger partial charge in [-0.15, -0.1) is 11.3 Å². The molecule has 0 aromatic carbocycles. The SMILES string of the molecule is CCCC1CCC(NC(=O)c2sccc2C#CCN)CC1. The molecule has 1 saturated carbocycles. The Bertz CT molecular complexity index is 518. The van der Waals surface area contributed by atoms with Crippen molar-refractivity contribution in [3.63, 3.8) is 0 Å². The van der Waals surface area contributed by atoms with Crippen molar-refractivity contribution in [1.82, 2.24) is 5.32 Å². The van der Waals surface area contributed by atoms with Gasteiger partial charge in [-0.2, -0.15) is 0 Å². The van der Waals surface area contributed by atoms with Gasteiger partial charge in [0.15, 0.2) is 0 Å². The number of hydrogen-bond acceptors (Lipinski definition) is 3. The Morgan fingerprint density at radius 1 is 1.43 bits per heavy atom. The third-order valence-electron chi connectivity index (χ3n) is 4.08. The van der Waals surface area contributed by atoms with E-state index in [1.165, 1.54) is 37.0 Å². The van der Waals surface area contributed by atoms with Crippen molar-refractivity contribution in [3.8, 4) is 11.8 Å². The van der Waals surface area contributed by atoms with Crippen LogP contribution in [0.3, 0.4) is 0 Å². The van der Waals surface area contributed by atoms with Crippen LogP contribution in [-0.2, 0) is 0 Å². The molecule has 1 aliphatic carbocycles. The third-order valence-corrected chi connectivity index (χ3v) is 4.99. The van der Waals surface area contributed by atoms with Crippen LogP contribution in [0.2, 0.25) is 0 Å². The van der Waals surface area contributed by atoms with Gasteiger partial charge in [-0.1, -0.05) is 31.6 Å². The number of hydrogen-bond donors (Lipinski definition) is 2. The molecular weight excluding hydrogens is 280 g/mol. The van der Waals surface area contributed by atoms with Gasteiger partial charge in [0.2, 0.25) is 0 Å². The highest BCUT2D eigenvalue weighted by Crippen LogP contribution is 2.28. The zero-order chi connectivity index (χ0) is 15.1. The Morgan fingerprint density at radius 2 is 2.19 bits per heavy atom. The van der Waals surface area contributed by atoms with Gasteiger partial charge in [0.25, 0.3) is 5.91 Å². The maximum Gasteiger partial charge on any atom is 0.262 e. The largest absolute Gasteiger partial charge is 0.349 e. The molecule has 0 aliphatic heterocycles. The Balaban J connectivity index is 1.89. The highest BCUT2D eigenvalue weighted by Gasteiger charge is 2.23. The number of nitrogens with two attached hydrogens (primary N) is 1. The van der Waals surface area contributed by atoms with Crippen LogP contribution in [0.25, 0.3) is 0 Å². The van der Waals surface area contributed by atoms with E-state index in [-0.39, 0.29) is 5.91 Å². The Hall–Kier alpha value is -1.31. The minimum atomic E-state index is 0.0188. The molecule has 3 N–H and O–H groups in total. The molecule has 114 valence electrons. The maximum absolute atomic E-state index is 12.4. The first-order valence-electron chi connectivity index (χ1n) is 7.81. The lowest BCUT2D eigenvalue weighted by molar-refractivity contribution is 0.0925.